The number of aliphatic hydroxyl groups excluding tert-OH is 2. The van der Waals surface area contributed by atoms with E-state index in [4.69, 9.17) is 14.6 Å². The number of rotatable bonds is 7. The second kappa shape index (κ2) is 6.03. The molecule has 3 N–H and O–H groups in total. The molecule has 0 saturated heterocycles. The maximum absolute atomic E-state index is 9.15. The highest BCUT2D eigenvalue weighted by Crippen LogP contribution is 2.09. The van der Waals surface area contributed by atoms with Crippen LogP contribution in [0.2, 0.25) is 0 Å². The zero-order valence-electron chi connectivity index (χ0n) is 9.94. The molecule has 1 aromatic rings. The molecular weight excluding hydrogens is 206 g/mol. The first-order valence-corrected chi connectivity index (χ1v) is 5.61. The highest BCUT2D eigenvalue weighted by atomic mass is 16.3. The van der Waals surface area contributed by atoms with Crippen molar-refractivity contribution in [2.24, 2.45) is 0 Å². The second-order valence-electron chi connectivity index (χ2n) is 4.54. The van der Waals surface area contributed by atoms with Gasteiger partial charge in [-0.25, -0.2) is 0 Å². The van der Waals surface area contributed by atoms with Crippen molar-refractivity contribution in [2.75, 3.05) is 13.2 Å². The van der Waals surface area contributed by atoms with Gasteiger partial charge in [-0.1, -0.05) is 0 Å². The topological polar surface area (TPSA) is 65.6 Å². The van der Waals surface area contributed by atoms with Gasteiger partial charge in [0, 0.05) is 12.5 Å². The quantitative estimate of drug-likeness (QED) is 0.648. The molecule has 0 amide bonds. The molecule has 0 aromatic carbocycles. The van der Waals surface area contributed by atoms with Crippen molar-refractivity contribution < 1.29 is 14.6 Å². The van der Waals surface area contributed by atoms with Gasteiger partial charge in [0.2, 0.25) is 0 Å². The zero-order chi connectivity index (χ0) is 12.0. The summed E-state index contributed by atoms with van der Waals surface area (Å²) < 4.78 is 5.24. The van der Waals surface area contributed by atoms with Crippen LogP contribution in [0.25, 0.3) is 0 Å². The van der Waals surface area contributed by atoms with Crippen LogP contribution in [0.1, 0.15) is 26.0 Å². The number of hydrogen-bond acceptors (Lipinski definition) is 4. The lowest BCUT2D eigenvalue weighted by Gasteiger charge is -2.30. The summed E-state index contributed by atoms with van der Waals surface area (Å²) in [5.41, 5.74) is -0.609. The van der Waals surface area contributed by atoms with E-state index in [2.05, 4.69) is 5.32 Å². The SMILES string of the molecule is CC(CCc1ccco1)NC(C)(CO)CO. The van der Waals surface area contributed by atoms with Gasteiger partial charge in [-0.3, -0.25) is 0 Å². The summed E-state index contributed by atoms with van der Waals surface area (Å²) in [6, 6.07) is 4.04. The van der Waals surface area contributed by atoms with E-state index in [1.54, 1.807) is 13.2 Å². The van der Waals surface area contributed by atoms with E-state index >= 15 is 0 Å². The summed E-state index contributed by atoms with van der Waals surface area (Å²) >= 11 is 0. The minimum atomic E-state index is -0.609. The normalized spacial score (nSPS) is 14.0. The molecule has 0 fully saturated rings. The lowest BCUT2D eigenvalue weighted by molar-refractivity contribution is 0.0946. The van der Waals surface area contributed by atoms with Crippen LogP contribution in [0.3, 0.4) is 0 Å². The van der Waals surface area contributed by atoms with Crippen molar-refractivity contribution in [1.82, 2.24) is 5.32 Å². The van der Waals surface area contributed by atoms with Crippen LogP contribution in [0, 0.1) is 0 Å². The first-order chi connectivity index (χ1) is 7.59. The molecule has 1 rings (SSSR count). The Labute approximate surface area is 96.3 Å². The average molecular weight is 227 g/mol. The monoisotopic (exact) mass is 227 g/mol. The van der Waals surface area contributed by atoms with Gasteiger partial charge >= 0.3 is 0 Å². The summed E-state index contributed by atoms with van der Waals surface area (Å²) in [4.78, 5) is 0. The molecule has 0 aliphatic heterocycles. The van der Waals surface area contributed by atoms with Gasteiger partial charge in [0.25, 0.3) is 0 Å². The van der Waals surface area contributed by atoms with Gasteiger partial charge < -0.3 is 19.9 Å². The summed E-state index contributed by atoms with van der Waals surface area (Å²) in [6.45, 7) is 3.69. The molecule has 1 heterocycles. The zero-order valence-corrected chi connectivity index (χ0v) is 9.94. The highest BCUT2D eigenvalue weighted by Gasteiger charge is 2.23. The number of aliphatic hydroxyl groups is 2. The third kappa shape index (κ3) is 3.96. The Morgan fingerprint density at radius 2 is 2.12 bits per heavy atom. The number of nitrogens with one attached hydrogen (secondary N) is 1. The van der Waals surface area contributed by atoms with Crippen molar-refractivity contribution in [3.63, 3.8) is 0 Å². The van der Waals surface area contributed by atoms with Crippen molar-refractivity contribution in [2.45, 2.75) is 38.3 Å². The Hall–Kier alpha value is -0.840. The van der Waals surface area contributed by atoms with Gasteiger partial charge in [-0.15, -0.1) is 0 Å². The minimum Gasteiger partial charge on any atom is -0.469 e. The molecule has 1 unspecified atom stereocenters. The molecule has 0 aliphatic carbocycles. The van der Waals surface area contributed by atoms with Crippen LogP contribution in [0.5, 0.6) is 0 Å². The van der Waals surface area contributed by atoms with E-state index in [1.165, 1.54) is 0 Å². The van der Waals surface area contributed by atoms with Crippen LogP contribution in [-0.4, -0.2) is 35.0 Å². The van der Waals surface area contributed by atoms with Gasteiger partial charge in [0.05, 0.1) is 25.0 Å². The van der Waals surface area contributed by atoms with Crippen LogP contribution in [-0.2, 0) is 6.42 Å². The highest BCUT2D eigenvalue weighted by molar-refractivity contribution is 4.98. The lowest BCUT2D eigenvalue weighted by Crippen LogP contribution is -2.52. The van der Waals surface area contributed by atoms with Gasteiger partial charge in [-0.2, -0.15) is 0 Å². The molecular formula is C12H21NO3. The Morgan fingerprint density at radius 1 is 1.44 bits per heavy atom. The molecule has 1 aromatic heterocycles. The van der Waals surface area contributed by atoms with Crippen molar-refractivity contribution >= 4 is 0 Å². The molecule has 16 heavy (non-hydrogen) atoms. The summed E-state index contributed by atoms with van der Waals surface area (Å²) in [6.07, 6.45) is 3.43. The van der Waals surface area contributed by atoms with Crippen LogP contribution >= 0.6 is 0 Å². The van der Waals surface area contributed by atoms with E-state index < -0.39 is 5.54 Å². The van der Waals surface area contributed by atoms with Gasteiger partial charge in [0.1, 0.15) is 5.76 Å². The lowest BCUT2D eigenvalue weighted by atomic mass is 10.0. The van der Waals surface area contributed by atoms with Crippen molar-refractivity contribution in [3.8, 4) is 0 Å². The number of furan rings is 1. The Balaban J connectivity index is 2.32. The number of aryl methyl sites for hydroxylation is 1. The molecule has 0 radical (unpaired) electrons. The predicted octanol–water partition coefficient (Wildman–Crippen LogP) is 0.934. The fourth-order valence-corrected chi connectivity index (χ4v) is 1.62. The van der Waals surface area contributed by atoms with Crippen LogP contribution < -0.4 is 5.32 Å². The summed E-state index contributed by atoms with van der Waals surface area (Å²) in [7, 11) is 0. The largest absolute Gasteiger partial charge is 0.469 e. The molecule has 4 heteroatoms. The summed E-state index contributed by atoms with van der Waals surface area (Å²) in [5, 5.41) is 21.5. The maximum atomic E-state index is 9.15. The molecule has 4 nitrogen and oxygen atoms in total. The van der Waals surface area contributed by atoms with E-state index in [-0.39, 0.29) is 19.3 Å². The van der Waals surface area contributed by atoms with E-state index in [0.717, 1.165) is 18.6 Å². The average Bonchev–Trinajstić information content (AvgIpc) is 2.79. The Morgan fingerprint density at radius 3 is 2.62 bits per heavy atom. The Kier molecular flexibility index (Phi) is 4.99. The summed E-state index contributed by atoms with van der Waals surface area (Å²) in [5.74, 6) is 0.961. The fraction of sp³-hybridized carbons (Fsp3) is 0.667. The minimum absolute atomic E-state index is 0.0748. The number of hydrogen-bond donors (Lipinski definition) is 3. The van der Waals surface area contributed by atoms with Gasteiger partial charge in [0.15, 0.2) is 0 Å². The third-order valence-electron chi connectivity index (χ3n) is 2.70. The van der Waals surface area contributed by atoms with Crippen molar-refractivity contribution in [1.29, 1.82) is 0 Å². The molecule has 0 saturated carbocycles. The molecule has 0 spiro atoms. The van der Waals surface area contributed by atoms with E-state index in [0.29, 0.717) is 0 Å². The van der Waals surface area contributed by atoms with Crippen LogP contribution in [0.15, 0.2) is 22.8 Å². The van der Waals surface area contributed by atoms with E-state index in [9.17, 15) is 0 Å². The van der Waals surface area contributed by atoms with E-state index in [1.807, 2.05) is 19.1 Å². The van der Waals surface area contributed by atoms with Crippen molar-refractivity contribution in [3.05, 3.63) is 24.2 Å². The first kappa shape index (κ1) is 13.2. The second-order valence-corrected chi connectivity index (χ2v) is 4.54. The first-order valence-electron chi connectivity index (χ1n) is 5.61. The predicted molar refractivity (Wildman–Crippen MR) is 62.2 cm³/mol. The maximum Gasteiger partial charge on any atom is 0.103 e. The molecule has 0 bridgehead atoms. The molecule has 92 valence electrons. The van der Waals surface area contributed by atoms with Gasteiger partial charge in [-0.05, 0) is 32.4 Å². The third-order valence-corrected chi connectivity index (χ3v) is 2.70. The van der Waals surface area contributed by atoms with Crippen LogP contribution in [0.4, 0.5) is 0 Å². The smallest absolute Gasteiger partial charge is 0.103 e. The Bertz CT molecular complexity index is 280. The standard InChI is InChI=1S/C12H21NO3/c1-10(13-12(2,8-14)9-15)5-6-11-4-3-7-16-11/h3-4,7,10,13-15H,5-6,8-9H2,1-2H3. The molecule has 1 atom stereocenters. The molecule has 0 aliphatic rings. The fourth-order valence-electron chi connectivity index (χ4n) is 1.62.